The Balaban J connectivity index is 2.32. The van der Waals surface area contributed by atoms with Gasteiger partial charge in [0.2, 0.25) is 0 Å². The zero-order chi connectivity index (χ0) is 14.1. The van der Waals surface area contributed by atoms with Crippen molar-refractivity contribution < 1.29 is 9.50 Å². The second kappa shape index (κ2) is 4.92. The van der Waals surface area contributed by atoms with Crippen LogP contribution in [0, 0.1) is 5.82 Å². The van der Waals surface area contributed by atoms with Crippen LogP contribution >= 0.6 is 0 Å². The largest absolute Gasteiger partial charge is 0.506 e. The monoisotopic (exact) mass is 271 g/mol. The number of aryl methyl sites for hydroxylation is 1. The minimum atomic E-state index is -0.354. The zero-order valence-electron chi connectivity index (χ0n) is 11.0. The van der Waals surface area contributed by atoms with E-state index in [-0.39, 0.29) is 11.6 Å². The van der Waals surface area contributed by atoms with Crippen molar-refractivity contribution in [3.63, 3.8) is 0 Å². The van der Waals surface area contributed by atoms with Crippen molar-refractivity contribution in [1.82, 2.24) is 14.5 Å². The summed E-state index contributed by atoms with van der Waals surface area (Å²) in [5.41, 5.74) is 1.62. The van der Waals surface area contributed by atoms with Gasteiger partial charge in [-0.1, -0.05) is 13.0 Å². The van der Waals surface area contributed by atoms with Crippen LogP contribution in [0.2, 0.25) is 0 Å². The van der Waals surface area contributed by atoms with Crippen LogP contribution in [0.25, 0.3) is 22.4 Å². The summed E-state index contributed by atoms with van der Waals surface area (Å²) in [7, 11) is 0. The molecule has 0 saturated heterocycles. The maximum absolute atomic E-state index is 13.9. The van der Waals surface area contributed by atoms with Crippen molar-refractivity contribution in [2.75, 3.05) is 0 Å². The van der Waals surface area contributed by atoms with Gasteiger partial charge in [-0.25, -0.2) is 9.37 Å². The second-order valence-electron chi connectivity index (χ2n) is 4.59. The third kappa shape index (κ3) is 1.91. The predicted octanol–water partition coefficient (Wildman–Crippen LogP) is 3.35. The summed E-state index contributed by atoms with van der Waals surface area (Å²) in [6.45, 7) is 2.75. The zero-order valence-corrected chi connectivity index (χ0v) is 11.0. The van der Waals surface area contributed by atoms with E-state index in [1.54, 1.807) is 18.3 Å². The van der Waals surface area contributed by atoms with Crippen LogP contribution in [-0.2, 0) is 6.54 Å². The molecule has 4 nitrogen and oxygen atoms in total. The minimum Gasteiger partial charge on any atom is -0.506 e. The summed E-state index contributed by atoms with van der Waals surface area (Å²) in [4.78, 5) is 8.22. The van der Waals surface area contributed by atoms with Crippen molar-refractivity contribution in [2.24, 2.45) is 0 Å². The van der Waals surface area contributed by atoms with Gasteiger partial charge in [-0.05, 0) is 24.6 Å². The van der Waals surface area contributed by atoms with E-state index >= 15 is 0 Å². The minimum absolute atomic E-state index is 0.0422. The number of hydrogen-bond acceptors (Lipinski definition) is 3. The number of hydrogen-bond donors (Lipinski definition) is 1. The molecule has 0 bridgehead atoms. The Morgan fingerprint density at radius 1 is 1.30 bits per heavy atom. The number of aromatic hydroxyl groups is 1. The van der Waals surface area contributed by atoms with E-state index in [0.717, 1.165) is 11.9 Å². The fourth-order valence-electron chi connectivity index (χ4n) is 2.34. The Morgan fingerprint density at radius 3 is 2.90 bits per heavy atom. The molecule has 1 N–H and O–H groups in total. The first-order chi connectivity index (χ1) is 9.72. The molecule has 0 aliphatic rings. The maximum Gasteiger partial charge on any atom is 0.151 e. The molecule has 102 valence electrons. The molecule has 0 atom stereocenters. The van der Waals surface area contributed by atoms with Gasteiger partial charge in [0.05, 0.1) is 17.3 Å². The van der Waals surface area contributed by atoms with E-state index in [0.29, 0.717) is 23.4 Å². The smallest absolute Gasteiger partial charge is 0.151 e. The lowest BCUT2D eigenvalue weighted by Crippen LogP contribution is -2.00. The van der Waals surface area contributed by atoms with Crippen LogP contribution < -0.4 is 0 Å². The Kier molecular flexibility index (Phi) is 3.10. The Bertz CT molecular complexity index is 767. The molecule has 5 heteroatoms. The van der Waals surface area contributed by atoms with Gasteiger partial charge in [0.1, 0.15) is 17.1 Å². The topological polar surface area (TPSA) is 50.9 Å². The molecular formula is C15H14FN3O. The lowest BCUT2D eigenvalue weighted by molar-refractivity contribution is 0.473. The van der Waals surface area contributed by atoms with E-state index in [1.165, 1.54) is 12.3 Å². The molecule has 0 amide bonds. The maximum atomic E-state index is 13.9. The van der Waals surface area contributed by atoms with Crippen molar-refractivity contribution in [2.45, 2.75) is 19.9 Å². The summed E-state index contributed by atoms with van der Waals surface area (Å²) in [5, 5.41) is 9.94. The highest BCUT2D eigenvalue weighted by atomic mass is 19.1. The van der Waals surface area contributed by atoms with Gasteiger partial charge in [-0.15, -0.1) is 0 Å². The highest BCUT2D eigenvalue weighted by Gasteiger charge is 2.16. The molecule has 0 fully saturated rings. The first-order valence-electron chi connectivity index (χ1n) is 6.50. The van der Waals surface area contributed by atoms with Crippen LogP contribution in [0.1, 0.15) is 13.3 Å². The van der Waals surface area contributed by atoms with Crippen LogP contribution in [0.4, 0.5) is 4.39 Å². The van der Waals surface area contributed by atoms with E-state index in [9.17, 15) is 9.50 Å². The normalized spacial score (nSPS) is 11.1. The molecule has 0 unspecified atom stereocenters. The lowest BCUT2D eigenvalue weighted by Gasteiger charge is -2.08. The molecule has 0 aliphatic heterocycles. The first kappa shape index (κ1) is 12.6. The second-order valence-corrected chi connectivity index (χ2v) is 4.59. The average molecular weight is 271 g/mol. The summed E-state index contributed by atoms with van der Waals surface area (Å²) < 4.78 is 15.8. The Hall–Kier alpha value is -2.43. The number of aromatic nitrogens is 3. The highest BCUT2D eigenvalue weighted by Crippen LogP contribution is 2.31. The standard InChI is InChI=1S/C15H14FN3O/c1-2-8-19-12-5-3-4-11(16)14(12)18-15(19)10-6-7-17-9-13(10)20/h3-7,9,20H,2,8H2,1H3. The van der Waals surface area contributed by atoms with Gasteiger partial charge < -0.3 is 9.67 Å². The van der Waals surface area contributed by atoms with Gasteiger partial charge in [-0.2, -0.15) is 0 Å². The molecule has 0 radical (unpaired) electrons. The van der Waals surface area contributed by atoms with Gasteiger partial charge >= 0.3 is 0 Å². The van der Waals surface area contributed by atoms with Crippen LogP contribution in [-0.4, -0.2) is 19.6 Å². The molecule has 3 rings (SSSR count). The average Bonchev–Trinajstić information content (AvgIpc) is 2.80. The van der Waals surface area contributed by atoms with Crippen LogP contribution in [0.15, 0.2) is 36.7 Å². The number of rotatable bonds is 3. The molecule has 0 spiro atoms. The van der Waals surface area contributed by atoms with Gasteiger partial charge in [0.25, 0.3) is 0 Å². The van der Waals surface area contributed by atoms with Gasteiger partial charge in [0.15, 0.2) is 5.82 Å². The predicted molar refractivity (Wildman–Crippen MR) is 74.9 cm³/mol. The van der Waals surface area contributed by atoms with E-state index in [2.05, 4.69) is 9.97 Å². The molecule has 2 aromatic heterocycles. The van der Waals surface area contributed by atoms with Crippen molar-refractivity contribution in [1.29, 1.82) is 0 Å². The summed E-state index contributed by atoms with van der Waals surface area (Å²) >= 11 is 0. The number of para-hydroxylation sites is 1. The Morgan fingerprint density at radius 2 is 2.15 bits per heavy atom. The molecule has 0 aliphatic carbocycles. The number of nitrogens with zero attached hydrogens (tertiary/aromatic N) is 3. The van der Waals surface area contributed by atoms with Crippen molar-refractivity contribution in [3.05, 3.63) is 42.5 Å². The number of pyridine rings is 1. The third-order valence-corrected chi connectivity index (χ3v) is 3.22. The highest BCUT2D eigenvalue weighted by molar-refractivity contribution is 5.82. The first-order valence-corrected chi connectivity index (χ1v) is 6.50. The molecule has 0 saturated carbocycles. The Labute approximate surface area is 115 Å². The lowest BCUT2D eigenvalue weighted by atomic mass is 10.2. The van der Waals surface area contributed by atoms with E-state index < -0.39 is 0 Å². The summed E-state index contributed by atoms with van der Waals surface area (Å²) in [6, 6.07) is 6.58. The fraction of sp³-hybridized carbons (Fsp3) is 0.200. The van der Waals surface area contributed by atoms with Crippen molar-refractivity contribution in [3.8, 4) is 17.1 Å². The quantitative estimate of drug-likeness (QED) is 0.794. The fourth-order valence-corrected chi connectivity index (χ4v) is 2.34. The molecule has 3 aromatic rings. The van der Waals surface area contributed by atoms with Gasteiger partial charge in [-0.3, -0.25) is 4.98 Å². The molecule has 20 heavy (non-hydrogen) atoms. The van der Waals surface area contributed by atoms with Gasteiger partial charge in [0, 0.05) is 12.7 Å². The third-order valence-electron chi connectivity index (χ3n) is 3.22. The van der Waals surface area contributed by atoms with E-state index in [1.807, 2.05) is 17.6 Å². The molecular weight excluding hydrogens is 257 g/mol. The summed E-state index contributed by atoms with van der Waals surface area (Å²) in [5.74, 6) is 0.250. The number of benzene rings is 1. The van der Waals surface area contributed by atoms with Crippen molar-refractivity contribution >= 4 is 11.0 Å². The van der Waals surface area contributed by atoms with Crippen LogP contribution in [0.3, 0.4) is 0 Å². The van der Waals surface area contributed by atoms with E-state index in [4.69, 9.17) is 0 Å². The number of fused-ring (bicyclic) bond motifs is 1. The number of halogens is 1. The SMILES string of the molecule is CCCn1c(-c2ccncc2O)nc2c(F)cccc21. The molecule has 2 heterocycles. The summed E-state index contributed by atoms with van der Waals surface area (Å²) in [6.07, 6.45) is 3.84. The van der Waals surface area contributed by atoms with Crippen LogP contribution in [0.5, 0.6) is 5.75 Å². The number of imidazole rings is 1. The molecule has 1 aromatic carbocycles.